The van der Waals surface area contributed by atoms with Crippen LogP contribution in [-0.2, 0) is 15.5 Å². The van der Waals surface area contributed by atoms with Crippen LogP contribution in [0.5, 0.6) is 0 Å². The van der Waals surface area contributed by atoms with E-state index in [4.69, 9.17) is 4.74 Å². The second-order valence-corrected chi connectivity index (χ2v) is 5.38. The summed E-state index contributed by atoms with van der Waals surface area (Å²) in [6, 6.07) is 0. The highest BCUT2D eigenvalue weighted by molar-refractivity contribution is 7.84. The fourth-order valence-electron chi connectivity index (χ4n) is 0.906. The zero-order chi connectivity index (χ0) is 10.8. The van der Waals surface area contributed by atoms with Crippen LogP contribution < -0.4 is 5.32 Å². The summed E-state index contributed by atoms with van der Waals surface area (Å²) >= 11 is 0. The van der Waals surface area contributed by atoms with Crippen LogP contribution in [0.25, 0.3) is 0 Å². The molecule has 0 rings (SSSR count). The molecule has 0 aromatic heterocycles. The van der Waals surface area contributed by atoms with Crippen molar-refractivity contribution in [3.05, 3.63) is 0 Å². The third-order valence-electron chi connectivity index (χ3n) is 1.83. The standard InChI is InChI=1S/C10H23NO2S/c1-10(2)4-7-13-8-5-11-6-9-14(3)12/h10-11H,4-9H2,1-3H3. The molecule has 0 aromatic carbocycles. The molecule has 0 aliphatic carbocycles. The lowest BCUT2D eigenvalue weighted by molar-refractivity contribution is 0.125. The molecular formula is C10H23NO2S. The monoisotopic (exact) mass is 221 g/mol. The fraction of sp³-hybridized carbons (Fsp3) is 1.00. The Labute approximate surface area is 90.1 Å². The smallest absolute Gasteiger partial charge is 0.0590 e. The highest BCUT2D eigenvalue weighted by Crippen LogP contribution is 1.97. The largest absolute Gasteiger partial charge is 0.380 e. The lowest BCUT2D eigenvalue weighted by atomic mass is 10.1. The van der Waals surface area contributed by atoms with Gasteiger partial charge < -0.3 is 10.1 Å². The van der Waals surface area contributed by atoms with E-state index >= 15 is 0 Å². The second-order valence-electron chi connectivity index (χ2n) is 3.82. The van der Waals surface area contributed by atoms with Gasteiger partial charge in [-0.15, -0.1) is 0 Å². The van der Waals surface area contributed by atoms with Gasteiger partial charge in [0, 0.05) is 42.5 Å². The van der Waals surface area contributed by atoms with Crippen LogP contribution in [0.2, 0.25) is 0 Å². The maximum atomic E-state index is 10.7. The molecular weight excluding hydrogens is 198 g/mol. The van der Waals surface area contributed by atoms with Crippen LogP contribution in [0.3, 0.4) is 0 Å². The minimum atomic E-state index is -0.684. The Hall–Kier alpha value is 0.0700. The first kappa shape index (κ1) is 14.1. The van der Waals surface area contributed by atoms with Crippen molar-refractivity contribution in [3.63, 3.8) is 0 Å². The normalized spacial score (nSPS) is 13.4. The molecule has 3 nitrogen and oxygen atoms in total. The maximum Gasteiger partial charge on any atom is 0.0590 e. The van der Waals surface area contributed by atoms with E-state index in [1.807, 2.05) is 0 Å². The van der Waals surface area contributed by atoms with Gasteiger partial charge in [0.25, 0.3) is 0 Å². The van der Waals surface area contributed by atoms with Gasteiger partial charge in [-0.1, -0.05) is 13.8 Å². The zero-order valence-electron chi connectivity index (χ0n) is 9.54. The van der Waals surface area contributed by atoms with E-state index in [0.29, 0.717) is 5.92 Å². The summed E-state index contributed by atoms with van der Waals surface area (Å²) in [6.45, 7) is 7.66. The number of nitrogens with one attached hydrogen (secondary N) is 1. The van der Waals surface area contributed by atoms with Gasteiger partial charge in [0.15, 0.2) is 0 Å². The molecule has 0 aromatic rings. The number of rotatable bonds is 9. The van der Waals surface area contributed by atoms with E-state index in [9.17, 15) is 4.21 Å². The molecule has 0 saturated heterocycles. The number of ether oxygens (including phenoxy) is 1. The topological polar surface area (TPSA) is 38.3 Å². The van der Waals surface area contributed by atoms with E-state index in [1.54, 1.807) is 6.26 Å². The van der Waals surface area contributed by atoms with Gasteiger partial charge in [-0.2, -0.15) is 0 Å². The van der Waals surface area contributed by atoms with Crippen LogP contribution in [-0.4, -0.2) is 42.5 Å². The average molecular weight is 221 g/mol. The van der Waals surface area contributed by atoms with Crippen LogP contribution in [0.1, 0.15) is 20.3 Å². The molecule has 0 aliphatic rings. The summed E-state index contributed by atoms with van der Waals surface area (Å²) in [4.78, 5) is 0. The van der Waals surface area contributed by atoms with Crippen LogP contribution in [0, 0.1) is 5.92 Å². The SMILES string of the molecule is CC(C)CCOCCNCCS(C)=O. The average Bonchev–Trinajstić information content (AvgIpc) is 2.08. The van der Waals surface area contributed by atoms with E-state index in [0.717, 1.165) is 38.5 Å². The fourth-order valence-corrected chi connectivity index (χ4v) is 1.34. The lowest BCUT2D eigenvalue weighted by Gasteiger charge is -2.06. The third-order valence-corrected chi connectivity index (χ3v) is 2.61. The highest BCUT2D eigenvalue weighted by atomic mass is 32.2. The van der Waals surface area contributed by atoms with Crippen LogP contribution in [0.15, 0.2) is 0 Å². The number of hydrogen-bond acceptors (Lipinski definition) is 3. The maximum absolute atomic E-state index is 10.7. The van der Waals surface area contributed by atoms with Crippen molar-refractivity contribution in [2.24, 2.45) is 5.92 Å². The van der Waals surface area contributed by atoms with Gasteiger partial charge in [0.1, 0.15) is 0 Å². The first-order valence-corrected chi connectivity index (χ1v) is 6.94. The molecule has 0 saturated carbocycles. The minimum absolute atomic E-state index is 0.684. The van der Waals surface area contributed by atoms with E-state index in [2.05, 4.69) is 19.2 Å². The molecule has 14 heavy (non-hydrogen) atoms. The lowest BCUT2D eigenvalue weighted by Crippen LogP contribution is -2.24. The summed E-state index contributed by atoms with van der Waals surface area (Å²) < 4.78 is 16.1. The molecule has 1 unspecified atom stereocenters. The van der Waals surface area contributed by atoms with Crippen molar-refractivity contribution in [2.45, 2.75) is 20.3 Å². The molecule has 0 radical (unpaired) electrons. The van der Waals surface area contributed by atoms with E-state index in [-0.39, 0.29) is 0 Å². The Morgan fingerprint density at radius 3 is 2.57 bits per heavy atom. The molecule has 1 N–H and O–H groups in total. The van der Waals surface area contributed by atoms with Crippen molar-refractivity contribution in [1.82, 2.24) is 5.32 Å². The second kappa shape index (κ2) is 9.62. The van der Waals surface area contributed by atoms with E-state index < -0.39 is 10.8 Å². The van der Waals surface area contributed by atoms with Crippen molar-refractivity contribution < 1.29 is 8.95 Å². The van der Waals surface area contributed by atoms with Crippen LogP contribution >= 0.6 is 0 Å². The molecule has 0 fully saturated rings. The quantitative estimate of drug-likeness (QED) is 0.591. The molecule has 0 aliphatic heterocycles. The Balaban J connectivity index is 2.96. The molecule has 0 heterocycles. The van der Waals surface area contributed by atoms with Crippen molar-refractivity contribution in [2.75, 3.05) is 38.3 Å². The van der Waals surface area contributed by atoms with Crippen molar-refractivity contribution in [1.29, 1.82) is 0 Å². The van der Waals surface area contributed by atoms with Gasteiger partial charge >= 0.3 is 0 Å². The highest BCUT2D eigenvalue weighted by Gasteiger charge is 1.94. The molecule has 0 bridgehead atoms. The van der Waals surface area contributed by atoms with Gasteiger partial charge in [-0.3, -0.25) is 4.21 Å². The van der Waals surface area contributed by atoms with Gasteiger partial charge in [-0.05, 0) is 12.3 Å². The molecule has 86 valence electrons. The Bertz CT molecular complexity index is 151. The first-order valence-electron chi connectivity index (χ1n) is 5.21. The number of hydrogen-bond donors (Lipinski definition) is 1. The van der Waals surface area contributed by atoms with Crippen molar-refractivity contribution >= 4 is 10.8 Å². The predicted molar refractivity (Wildman–Crippen MR) is 62.1 cm³/mol. The molecule has 0 spiro atoms. The molecule has 1 atom stereocenters. The summed E-state index contributed by atoms with van der Waals surface area (Å²) in [5, 5.41) is 3.19. The third kappa shape index (κ3) is 12.1. The molecule has 4 heteroatoms. The Morgan fingerprint density at radius 2 is 2.00 bits per heavy atom. The summed E-state index contributed by atoms with van der Waals surface area (Å²) in [7, 11) is -0.684. The van der Waals surface area contributed by atoms with Crippen LogP contribution in [0.4, 0.5) is 0 Å². The summed E-state index contributed by atoms with van der Waals surface area (Å²) in [5.74, 6) is 1.44. The van der Waals surface area contributed by atoms with Gasteiger partial charge in [-0.25, -0.2) is 0 Å². The van der Waals surface area contributed by atoms with E-state index in [1.165, 1.54) is 0 Å². The predicted octanol–water partition coefficient (Wildman–Crippen LogP) is 1.02. The van der Waals surface area contributed by atoms with Crippen molar-refractivity contribution in [3.8, 4) is 0 Å². The first-order chi connectivity index (χ1) is 6.63. The van der Waals surface area contributed by atoms with Gasteiger partial charge in [0.05, 0.1) is 6.61 Å². The molecule has 0 amide bonds. The van der Waals surface area contributed by atoms with Gasteiger partial charge in [0.2, 0.25) is 0 Å². The summed E-state index contributed by atoms with van der Waals surface area (Å²) in [6.07, 6.45) is 2.85. The zero-order valence-corrected chi connectivity index (χ0v) is 10.4. The Morgan fingerprint density at radius 1 is 1.29 bits per heavy atom. The summed E-state index contributed by atoms with van der Waals surface area (Å²) in [5.41, 5.74) is 0. The Kier molecular flexibility index (Phi) is 9.67. The minimum Gasteiger partial charge on any atom is -0.380 e.